The lowest BCUT2D eigenvalue weighted by molar-refractivity contribution is 0.590. The molecule has 0 bridgehead atoms. The van der Waals surface area contributed by atoms with E-state index in [1.54, 1.807) is 0 Å². The number of hydrogen-bond donors (Lipinski definition) is 0. The molecular weight excluding hydrogens is 266 g/mol. The van der Waals surface area contributed by atoms with E-state index in [1.165, 1.54) is 16.3 Å². The van der Waals surface area contributed by atoms with Crippen LogP contribution in [0.2, 0.25) is 0 Å². The maximum atomic E-state index is 4.59. The van der Waals surface area contributed by atoms with Gasteiger partial charge in [-0.2, -0.15) is 0 Å². The normalized spacial score (nSPS) is 12.1. The van der Waals surface area contributed by atoms with Gasteiger partial charge < -0.3 is 0 Å². The van der Waals surface area contributed by atoms with Crippen molar-refractivity contribution in [1.29, 1.82) is 0 Å². The molecule has 0 spiro atoms. The molecular formula is C21H21N. The Hall–Kier alpha value is -2.41. The van der Waals surface area contributed by atoms with Gasteiger partial charge in [-0.05, 0) is 39.4 Å². The number of fused-ring (bicyclic) bond motifs is 1. The van der Waals surface area contributed by atoms with Crippen molar-refractivity contribution in [2.24, 2.45) is 4.99 Å². The van der Waals surface area contributed by atoms with E-state index in [2.05, 4.69) is 92.5 Å². The van der Waals surface area contributed by atoms with Crippen molar-refractivity contribution in [3.8, 4) is 0 Å². The number of nitrogens with zero attached hydrogens (tertiary/aromatic N) is 1. The fourth-order valence-corrected chi connectivity index (χ4v) is 2.48. The maximum absolute atomic E-state index is 4.59. The van der Waals surface area contributed by atoms with Crippen molar-refractivity contribution in [2.75, 3.05) is 0 Å². The van der Waals surface area contributed by atoms with Gasteiger partial charge in [0.15, 0.2) is 0 Å². The first-order chi connectivity index (χ1) is 10.5. The third-order valence-corrected chi connectivity index (χ3v) is 3.87. The lowest BCUT2D eigenvalue weighted by atomic mass is 9.87. The lowest BCUT2D eigenvalue weighted by Crippen LogP contribution is -2.10. The zero-order chi connectivity index (χ0) is 15.6. The average molecular weight is 287 g/mol. The fraction of sp³-hybridized carbons (Fsp3) is 0.190. The Kier molecular flexibility index (Phi) is 3.81. The molecule has 0 atom stereocenters. The number of hydrogen-bond acceptors (Lipinski definition) is 1. The van der Waals surface area contributed by atoms with Crippen molar-refractivity contribution in [2.45, 2.75) is 26.2 Å². The summed E-state index contributed by atoms with van der Waals surface area (Å²) >= 11 is 0. The van der Waals surface area contributed by atoms with E-state index in [0.29, 0.717) is 0 Å². The Bertz CT molecular complexity index is 805. The average Bonchev–Trinajstić information content (AvgIpc) is 2.52. The Labute approximate surface area is 132 Å². The summed E-state index contributed by atoms with van der Waals surface area (Å²) in [5, 5.41) is 2.47. The Morgan fingerprint density at radius 3 is 2.14 bits per heavy atom. The van der Waals surface area contributed by atoms with Crippen LogP contribution in [0.3, 0.4) is 0 Å². The van der Waals surface area contributed by atoms with Gasteiger partial charge in [-0.3, -0.25) is 4.99 Å². The fourth-order valence-electron chi connectivity index (χ4n) is 2.48. The summed E-state index contributed by atoms with van der Waals surface area (Å²) in [5.74, 6) is 0. The topological polar surface area (TPSA) is 12.4 Å². The van der Waals surface area contributed by atoms with E-state index in [9.17, 15) is 0 Å². The first-order valence-electron chi connectivity index (χ1n) is 7.66. The standard InChI is InChI=1S/C21H21N/c1-21(2,3)19-11-8-16(9-12-19)15-22-20-13-10-17-6-4-5-7-18(17)14-20/h4-15H,1-3H3. The van der Waals surface area contributed by atoms with Crippen LogP contribution in [0, 0.1) is 0 Å². The zero-order valence-electron chi connectivity index (χ0n) is 13.4. The van der Waals surface area contributed by atoms with E-state index in [1.807, 2.05) is 6.21 Å². The second-order valence-electron chi connectivity index (χ2n) is 6.66. The molecule has 0 aliphatic heterocycles. The van der Waals surface area contributed by atoms with Crippen LogP contribution in [0.5, 0.6) is 0 Å². The molecule has 0 radical (unpaired) electrons. The van der Waals surface area contributed by atoms with Crippen LogP contribution in [0.4, 0.5) is 5.69 Å². The molecule has 0 N–H and O–H groups in total. The second-order valence-corrected chi connectivity index (χ2v) is 6.66. The maximum Gasteiger partial charge on any atom is 0.0636 e. The molecule has 0 aromatic heterocycles. The highest BCUT2D eigenvalue weighted by atomic mass is 14.7. The van der Waals surface area contributed by atoms with Crippen molar-refractivity contribution in [3.63, 3.8) is 0 Å². The number of rotatable bonds is 2. The Balaban J connectivity index is 1.83. The van der Waals surface area contributed by atoms with Crippen LogP contribution in [0.15, 0.2) is 71.7 Å². The molecule has 3 aromatic rings. The van der Waals surface area contributed by atoms with Gasteiger partial charge in [0.05, 0.1) is 5.69 Å². The first kappa shape index (κ1) is 14.5. The summed E-state index contributed by atoms with van der Waals surface area (Å²) in [5.41, 5.74) is 3.64. The van der Waals surface area contributed by atoms with Gasteiger partial charge in [-0.15, -0.1) is 0 Å². The summed E-state index contributed by atoms with van der Waals surface area (Å²) < 4.78 is 0. The first-order valence-corrected chi connectivity index (χ1v) is 7.66. The second kappa shape index (κ2) is 5.76. The Morgan fingerprint density at radius 2 is 1.45 bits per heavy atom. The summed E-state index contributed by atoms with van der Waals surface area (Å²) in [7, 11) is 0. The quantitative estimate of drug-likeness (QED) is 0.521. The molecule has 0 saturated heterocycles. The number of benzene rings is 3. The summed E-state index contributed by atoms with van der Waals surface area (Å²) in [4.78, 5) is 4.59. The lowest BCUT2D eigenvalue weighted by Gasteiger charge is -2.18. The molecule has 3 rings (SSSR count). The highest BCUT2D eigenvalue weighted by Gasteiger charge is 2.12. The third kappa shape index (κ3) is 3.25. The predicted molar refractivity (Wildman–Crippen MR) is 96.3 cm³/mol. The van der Waals surface area contributed by atoms with Gasteiger partial charge in [-0.1, -0.05) is 75.4 Å². The molecule has 0 amide bonds. The minimum atomic E-state index is 0.189. The largest absolute Gasteiger partial charge is 0.256 e. The molecule has 0 aliphatic carbocycles. The highest BCUT2D eigenvalue weighted by molar-refractivity contribution is 5.87. The minimum absolute atomic E-state index is 0.189. The Morgan fingerprint density at radius 1 is 0.773 bits per heavy atom. The molecule has 1 heteroatoms. The van der Waals surface area contributed by atoms with E-state index >= 15 is 0 Å². The molecule has 0 unspecified atom stereocenters. The van der Waals surface area contributed by atoms with Crippen molar-refractivity contribution < 1.29 is 0 Å². The molecule has 110 valence electrons. The van der Waals surface area contributed by atoms with E-state index in [0.717, 1.165) is 11.3 Å². The van der Waals surface area contributed by atoms with Crippen molar-refractivity contribution >= 4 is 22.7 Å². The number of aliphatic imine (C=N–C) groups is 1. The van der Waals surface area contributed by atoms with E-state index < -0.39 is 0 Å². The van der Waals surface area contributed by atoms with Gasteiger partial charge in [0.2, 0.25) is 0 Å². The van der Waals surface area contributed by atoms with Gasteiger partial charge >= 0.3 is 0 Å². The molecule has 0 aliphatic rings. The monoisotopic (exact) mass is 287 g/mol. The SMILES string of the molecule is CC(C)(C)c1ccc(C=Nc2ccc3ccccc3c2)cc1. The molecule has 0 heterocycles. The summed E-state index contributed by atoms with van der Waals surface area (Å²) in [6, 6.07) is 23.3. The van der Waals surface area contributed by atoms with Crippen LogP contribution in [0.25, 0.3) is 10.8 Å². The van der Waals surface area contributed by atoms with Crippen LogP contribution in [-0.2, 0) is 5.41 Å². The summed E-state index contributed by atoms with van der Waals surface area (Å²) in [6.07, 6.45) is 1.93. The van der Waals surface area contributed by atoms with Crippen molar-refractivity contribution in [3.05, 3.63) is 77.9 Å². The van der Waals surface area contributed by atoms with Crippen LogP contribution < -0.4 is 0 Å². The highest BCUT2D eigenvalue weighted by Crippen LogP contribution is 2.23. The third-order valence-electron chi connectivity index (χ3n) is 3.87. The van der Waals surface area contributed by atoms with Crippen LogP contribution >= 0.6 is 0 Å². The van der Waals surface area contributed by atoms with Crippen molar-refractivity contribution in [1.82, 2.24) is 0 Å². The summed E-state index contributed by atoms with van der Waals surface area (Å²) in [6.45, 7) is 6.68. The molecule has 0 fully saturated rings. The van der Waals surface area contributed by atoms with E-state index in [4.69, 9.17) is 0 Å². The smallest absolute Gasteiger partial charge is 0.0636 e. The minimum Gasteiger partial charge on any atom is -0.256 e. The van der Waals surface area contributed by atoms with Crippen LogP contribution in [0.1, 0.15) is 31.9 Å². The predicted octanol–water partition coefficient (Wildman–Crippen LogP) is 5.89. The van der Waals surface area contributed by atoms with E-state index in [-0.39, 0.29) is 5.41 Å². The van der Waals surface area contributed by atoms with Gasteiger partial charge in [-0.25, -0.2) is 0 Å². The molecule has 22 heavy (non-hydrogen) atoms. The van der Waals surface area contributed by atoms with Crippen LogP contribution in [-0.4, -0.2) is 6.21 Å². The van der Waals surface area contributed by atoms with Gasteiger partial charge in [0, 0.05) is 6.21 Å². The molecule has 3 aromatic carbocycles. The van der Waals surface area contributed by atoms with Gasteiger partial charge in [0.25, 0.3) is 0 Å². The molecule has 0 saturated carbocycles. The van der Waals surface area contributed by atoms with Gasteiger partial charge in [0.1, 0.15) is 0 Å². The molecule has 1 nitrogen and oxygen atoms in total. The zero-order valence-corrected chi connectivity index (χ0v) is 13.4.